The van der Waals surface area contributed by atoms with E-state index in [0.29, 0.717) is 15.6 Å². The Balaban J connectivity index is 2.78. The van der Waals surface area contributed by atoms with Crippen molar-refractivity contribution in [2.45, 2.75) is 13.3 Å². The zero-order chi connectivity index (χ0) is 11.3. The molecular weight excluding hydrogens is 235 g/mol. The number of benzene rings is 1. The van der Waals surface area contributed by atoms with Crippen molar-refractivity contribution in [3.05, 3.63) is 33.8 Å². The molecule has 1 aromatic rings. The molecule has 0 unspecified atom stereocenters. The van der Waals surface area contributed by atoms with Gasteiger partial charge in [-0.25, -0.2) is 5.43 Å². The van der Waals surface area contributed by atoms with Crippen LogP contribution in [0.5, 0.6) is 0 Å². The summed E-state index contributed by atoms with van der Waals surface area (Å²) in [7, 11) is 0. The molecular formula is C10H10Cl2N2O. The van der Waals surface area contributed by atoms with E-state index in [2.05, 4.69) is 10.5 Å². The molecule has 1 aromatic carbocycles. The molecule has 1 N–H and O–H groups in total. The van der Waals surface area contributed by atoms with Gasteiger partial charge in [0.05, 0.1) is 10.6 Å². The summed E-state index contributed by atoms with van der Waals surface area (Å²) in [5, 5.41) is 4.52. The van der Waals surface area contributed by atoms with Crippen LogP contribution in [0.3, 0.4) is 0 Å². The standard InChI is InChI=1S/C10H10Cl2N2O/c1-2-5-13-14-10(15)8-4-3-7(11)6-9(8)12/h3-6H,2H2,1H3,(H,14,15)/b13-5+. The lowest BCUT2D eigenvalue weighted by atomic mass is 10.2. The van der Waals surface area contributed by atoms with Crippen LogP contribution in [-0.4, -0.2) is 12.1 Å². The van der Waals surface area contributed by atoms with Crippen LogP contribution >= 0.6 is 23.2 Å². The maximum atomic E-state index is 11.5. The third-order valence-corrected chi connectivity index (χ3v) is 2.16. The quantitative estimate of drug-likeness (QED) is 0.645. The molecule has 15 heavy (non-hydrogen) atoms. The van der Waals surface area contributed by atoms with E-state index in [0.717, 1.165) is 6.42 Å². The summed E-state index contributed by atoms with van der Waals surface area (Å²) in [6.07, 6.45) is 2.36. The van der Waals surface area contributed by atoms with Crippen molar-refractivity contribution < 1.29 is 4.79 Å². The number of hydrogen-bond donors (Lipinski definition) is 1. The molecule has 0 bridgehead atoms. The van der Waals surface area contributed by atoms with E-state index in [1.165, 1.54) is 6.07 Å². The van der Waals surface area contributed by atoms with Crippen LogP contribution in [0.2, 0.25) is 10.0 Å². The number of hydrogen-bond acceptors (Lipinski definition) is 2. The summed E-state index contributed by atoms with van der Waals surface area (Å²) in [5.41, 5.74) is 2.72. The predicted octanol–water partition coefficient (Wildman–Crippen LogP) is 3.12. The Hall–Kier alpha value is -1.06. The molecule has 0 atom stereocenters. The number of carbonyl (C=O) groups is 1. The lowest BCUT2D eigenvalue weighted by molar-refractivity contribution is 0.0955. The zero-order valence-corrected chi connectivity index (χ0v) is 9.64. The van der Waals surface area contributed by atoms with Gasteiger partial charge < -0.3 is 0 Å². The van der Waals surface area contributed by atoms with Crippen LogP contribution in [0.25, 0.3) is 0 Å². The van der Waals surface area contributed by atoms with Gasteiger partial charge in [-0.2, -0.15) is 5.10 Å². The Morgan fingerprint density at radius 1 is 1.53 bits per heavy atom. The summed E-state index contributed by atoms with van der Waals surface area (Å²) in [6, 6.07) is 4.68. The molecule has 80 valence electrons. The number of amides is 1. The zero-order valence-electron chi connectivity index (χ0n) is 8.13. The van der Waals surface area contributed by atoms with Gasteiger partial charge in [-0.15, -0.1) is 0 Å². The normalized spacial score (nSPS) is 10.6. The second kappa shape index (κ2) is 5.73. The molecule has 1 amide bonds. The molecule has 0 spiro atoms. The van der Waals surface area contributed by atoms with Crippen molar-refractivity contribution >= 4 is 35.3 Å². The number of rotatable bonds is 3. The lowest BCUT2D eigenvalue weighted by Crippen LogP contribution is -2.17. The molecule has 0 aliphatic rings. The Bertz CT molecular complexity index is 391. The highest BCUT2D eigenvalue weighted by molar-refractivity contribution is 6.36. The van der Waals surface area contributed by atoms with E-state index in [1.54, 1.807) is 18.3 Å². The van der Waals surface area contributed by atoms with Gasteiger partial charge in [0.2, 0.25) is 0 Å². The fourth-order valence-corrected chi connectivity index (χ4v) is 1.42. The third-order valence-electron chi connectivity index (χ3n) is 1.62. The Morgan fingerprint density at radius 3 is 2.87 bits per heavy atom. The first-order valence-corrected chi connectivity index (χ1v) is 5.17. The van der Waals surface area contributed by atoms with Gasteiger partial charge in [0, 0.05) is 11.2 Å². The van der Waals surface area contributed by atoms with Crippen molar-refractivity contribution in [1.29, 1.82) is 0 Å². The van der Waals surface area contributed by atoms with Gasteiger partial charge in [0.15, 0.2) is 0 Å². The molecule has 0 saturated carbocycles. The second-order valence-electron chi connectivity index (χ2n) is 2.79. The number of nitrogens with one attached hydrogen (secondary N) is 1. The Morgan fingerprint density at radius 2 is 2.27 bits per heavy atom. The van der Waals surface area contributed by atoms with Gasteiger partial charge in [0.25, 0.3) is 5.91 Å². The average Bonchev–Trinajstić information content (AvgIpc) is 2.17. The average molecular weight is 245 g/mol. The second-order valence-corrected chi connectivity index (χ2v) is 3.63. The highest BCUT2D eigenvalue weighted by Crippen LogP contribution is 2.20. The summed E-state index contributed by atoms with van der Waals surface area (Å²) < 4.78 is 0. The van der Waals surface area contributed by atoms with Crippen LogP contribution in [0.15, 0.2) is 23.3 Å². The molecule has 0 aromatic heterocycles. The van der Waals surface area contributed by atoms with Crippen molar-refractivity contribution in [3.63, 3.8) is 0 Å². The molecule has 5 heteroatoms. The highest BCUT2D eigenvalue weighted by atomic mass is 35.5. The predicted molar refractivity (Wildman–Crippen MR) is 62.7 cm³/mol. The first-order chi connectivity index (χ1) is 7.15. The SMILES string of the molecule is CC/C=N/NC(=O)c1ccc(Cl)cc1Cl. The lowest BCUT2D eigenvalue weighted by Gasteiger charge is -2.02. The maximum Gasteiger partial charge on any atom is 0.272 e. The smallest absolute Gasteiger partial charge is 0.267 e. The van der Waals surface area contributed by atoms with Gasteiger partial charge in [-0.3, -0.25) is 4.79 Å². The van der Waals surface area contributed by atoms with E-state index in [-0.39, 0.29) is 5.91 Å². The first-order valence-electron chi connectivity index (χ1n) is 4.42. The van der Waals surface area contributed by atoms with Gasteiger partial charge in [-0.05, 0) is 24.6 Å². The highest BCUT2D eigenvalue weighted by Gasteiger charge is 2.09. The Kier molecular flexibility index (Phi) is 4.59. The molecule has 0 aliphatic carbocycles. The van der Waals surface area contributed by atoms with Crippen molar-refractivity contribution in [1.82, 2.24) is 5.43 Å². The topological polar surface area (TPSA) is 41.5 Å². The first kappa shape index (κ1) is 12.0. The fraction of sp³-hybridized carbons (Fsp3) is 0.200. The third kappa shape index (κ3) is 3.53. The largest absolute Gasteiger partial charge is 0.272 e. The van der Waals surface area contributed by atoms with Crippen LogP contribution in [0.4, 0.5) is 0 Å². The molecule has 0 fully saturated rings. The summed E-state index contributed by atoms with van der Waals surface area (Å²) in [6.45, 7) is 1.92. The van der Waals surface area contributed by atoms with Crippen LogP contribution in [0.1, 0.15) is 23.7 Å². The van der Waals surface area contributed by atoms with E-state index >= 15 is 0 Å². The van der Waals surface area contributed by atoms with Crippen molar-refractivity contribution in [3.8, 4) is 0 Å². The van der Waals surface area contributed by atoms with Crippen LogP contribution in [-0.2, 0) is 0 Å². The minimum atomic E-state index is -0.346. The molecule has 0 heterocycles. The van der Waals surface area contributed by atoms with Gasteiger partial charge in [-0.1, -0.05) is 30.1 Å². The number of nitrogens with zero attached hydrogens (tertiary/aromatic N) is 1. The number of carbonyl (C=O) groups excluding carboxylic acids is 1. The summed E-state index contributed by atoms with van der Waals surface area (Å²) in [5.74, 6) is -0.346. The monoisotopic (exact) mass is 244 g/mol. The Labute approximate surface area is 98.1 Å². The summed E-state index contributed by atoms with van der Waals surface area (Å²) in [4.78, 5) is 11.5. The van der Waals surface area contributed by atoms with E-state index in [4.69, 9.17) is 23.2 Å². The molecule has 3 nitrogen and oxygen atoms in total. The maximum absolute atomic E-state index is 11.5. The van der Waals surface area contributed by atoms with Crippen molar-refractivity contribution in [2.24, 2.45) is 5.10 Å². The van der Waals surface area contributed by atoms with E-state index in [1.807, 2.05) is 6.92 Å². The van der Waals surface area contributed by atoms with E-state index < -0.39 is 0 Å². The molecule has 0 saturated heterocycles. The molecule has 0 aliphatic heterocycles. The van der Waals surface area contributed by atoms with Crippen LogP contribution < -0.4 is 5.43 Å². The van der Waals surface area contributed by atoms with Crippen molar-refractivity contribution in [2.75, 3.05) is 0 Å². The molecule has 0 radical (unpaired) electrons. The van der Waals surface area contributed by atoms with Gasteiger partial charge >= 0.3 is 0 Å². The van der Waals surface area contributed by atoms with Crippen LogP contribution in [0, 0.1) is 0 Å². The van der Waals surface area contributed by atoms with Gasteiger partial charge in [0.1, 0.15) is 0 Å². The molecule has 1 rings (SSSR count). The minimum Gasteiger partial charge on any atom is -0.267 e. The van der Waals surface area contributed by atoms with E-state index in [9.17, 15) is 4.79 Å². The fourth-order valence-electron chi connectivity index (χ4n) is 0.929. The number of hydrazone groups is 1. The number of halogens is 2. The summed E-state index contributed by atoms with van der Waals surface area (Å²) >= 11 is 11.5. The minimum absolute atomic E-state index is 0.312.